The average Bonchev–Trinajstić information content (AvgIpc) is 2.51. The van der Waals surface area contributed by atoms with Crippen molar-refractivity contribution in [1.82, 2.24) is 15.2 Å². The lowest BCUT2D eigenvalue weighted by molar-refractivity contribution is -0.145. The maximum Gasteiger partial charge on any atom is 0.351 e. The van der Waals surface area contributed by atoms with E-state index < -0.39 is 11.5 Å². The zero-order valence-corrected chi connectivity index (χ0v) is 8.18. The normalized spacial score (nSPS) is 12.4. The van der Waals surface area contributed by atoms with Crippen molar-refractivity contribution in [2.45, 2.75) is 17.6 Å². The molecule has 1 unspecified atom stereocenters. The summed E-state index contributed by atoms with van der Waals surface area (Å²) in [6, 6.07) is 0. The third-order valence-corrected chi connectivity index (χ3v) is 1.96. The molecule has 78 valence electrons. The second-order valence-corrected chi connectivity index (χ2v) is 3.20. The van der Waals surface area contributed by atoms with Crippen LogP contribution in [0.1, 0.15) is 6.92 Å². The molecule has 0 fully saturated rings. The molecule has 0 saturated heterocycles. The molecule has 3 N–H and O–H groups in total. The average molecular weight is 220 g/mol. The van der Waals surface area contributed by atoms with Gasteiger partial charge in [-0.15, -0.1) is 5.10 Å². The molecule has 0 aliphatic heterocycles. The highest BCUT2D eigenvalue weighted by molar-refractivity contribution is 8.00. The monoisotopic (exact) mass is 220 g/mol. The first-order chi connectivity index (χ1) is 6.63. The number of esters is 1. The molecule has 0 saturated carbocycles. The number of ether oxygens (including phenoxy) is 1. The van der Waals surface area contributed by atoms with E-state index >= 15 is 0 Å². The Bertz CT molecular complexity index is 319. The van der Waals surface area contributed by atoms with Crippen molar-refractivity contribution in [2.75, 3.05) is 12.3 Å². The maximum absolute atomic E-state index is 13.0. The van der Waals surface area contributed by atoms with Crippen molar-refractivity contribution in [2.24, 2.45) is 0 Å². The van der Waals surface area contributed by atoms with E-state index in [1.807, 2.05) is 0 Å². The molecule has 1 aromatic rings. The van der Waals surface area contributed by atoms with Gasteiger partial charge >= 0.3 is 5.97 Å². The fourth-order valence-corrected chi connectivity index (χ4v) is 1.26. The molecule has 1 heterocycles. The summed E-state index contributed by atoms with van der Waals surface area (Å²) in [4.78, 5) is 14.5. The van der Waals surface area contributed by atoms with Gasteiger partial charge in [-0.1, -0.05) is 0 Å². The number of nitrogen functional groups attached to an aromatic ring is 1. The van der Waals surface area contributed by atoms with Crippen LogP contribution in [0.25, 0.3) is 0 Å². The zero-order valence-electron chi connectivity index (χ0n) is 7.36. The minimum absolute atomic E-state index is 0.0723. The first-order valence-electron chi connectivity index (χ1n) is 3.78. The molecular weight excluding hydrogens is 211 g/mol. The number of hydrogen-bond acceptors (Lipinski definition) is 6. The standard InChI is InChI=1S/C6H9FN4O2S/c1-2-13-4(12)3(7)14-6-9-5(8)10-11-6/h3H,2H2,1H3,(H3,8,9,10,11). The van der Waals surface area contributed by atoms with Crippen LogP contribution in [0.15, 0.2) is 5.16 Å². The predicted molar refractivity (Wildman–Crippen MR) is 48.2 cm³/mol. The Hall–Kier alpha value is -1.31. The SMILES string of the molecule is CCOC(=O)C(F)Sc1n[nH]c(N)n1. The lowest BCUT2D eigenvalue weighted by atomic mass is 10.7. The van der Waals surface area contributed by atoms with E-state index in [4.69, 9.17) is 5.73 Å². The smallest absolute Gasteiger partial charge is 0.351 e. The Kier molecular flexibility index (Phi) is 3.69. The third kappa shape index (κ3) is 2.87. The molecule has 0 aromatic carbocycles. The van der Waals surface area contributed by atoms with Gasteiger partial charge in [-0.25, -0.2) is 14.3 Å². The van der Waals surface area contributed by atoms with Gasteiger partial charge in [0.05, 0.1) is 6.61 Å². The fourth-order valence-electron chi connectivity index (χ4n) is 0.659. The van der Waals surface area contributed by atoms with E-state index in [2.05, 4.69) is 19.9 Å². The maximum atomic E-state index is 13.0. The summed E-state index contributed by atoms with van der Waals surface area (Å²) in [7, 11) is 0. The van der Waals surface area contributed by atoms with Gasteiger partial charge in [0.15, 0.2) is 0 Å². The molecule has 8 heteroatoms. The van der Waals surface area contributed by atoms with E-state index in [1.54, 1.807) is 6.92 Å². The second-order valence-electron chi connectivity index (χ2n) is 2.19. The van der Waals surface area contributed by atoms with Crippen molar-refractivity contribution in [3.63, 3.8) is 0 Å². The number of rotatable bonds is 4. The number of hydrogen-bond donors (Lipinski definition) is 2. The molecule has 0 amide bonds. The highest BCUT2D eigenvalue weighted by Crippen LogP contribution is 2.21. The van der Waals surface area contributed by atoms with Crippen molar-refractivity contribution in [1.29, 1.82) is 0 Å². The number of anilines is 1. The van der Waals surface area contributed by atoms with Crippen molar-refractivity contribution in [3.05, 3.63) is 0 Å². The van der Waals surface area contributed by atoms with Gasteiger partial charge in [0, 0.05) is 0 Å². The van der Waals surface area contributed by atoms with Crippen LogP contribution in [0, 0.1) is 0 Å². The molecule has 1 atom stereocenters. The van der Waals surface area contributed by atoms with Gasteiger partial charge in [-0.05, 0) is 18.7 Å². The Morgan fingerprint density at radius 2 is 2.57 bits per heavy atom. The number of carbonyl (C=O) groups is 1. The molecule has 0 bridgehead atoms. The molecule has 0 aliphatic carbocycles. The van der Waals surface area contributed by atoms with Gasteiger partial charge in [0.2, 0.25) is 16.6 Å². The number of alkyl halides is 1. The first-order valence-corrected chi connectivity index (χ1v) is 4.66. The molecule has 1 aromatic heterocycles. The topological polar surface area (TPSA) is 93.9 Å². The van der Waals surface area contributed by atoms with Crippen LogP contribution in [0.4, 0.5) is 10.3 Å². The van der Waals surface area contributed by atoms with Gasteiger partial charge < -0.3 is 10.5 Å². The van der Waals surface area contributed by atoms with Crippen LogP contribution in [0.3, 0.4) is 0 Å². The molecule has 0 spiro atoms. The second kappa shape index (κ2) is 4.80. The summed E-state index contributed by atoms with van der Waals surface area (Å²) >= 11 is 0.538. The third-order valence-electron chi connectivity index (χ3n) is 1.16. The molecule has 6 nitrogen and oxygen atoms in total. The van der Waals surface area contributed by atoms with E-state index in [0.717, 1.165) is 0 Å². The van der Waals surface area contributed by atoms with E-state index in [1.165, 1.54) is 0 Å². The fraction of sp³-hybridized carbons (Fsp3) is 0.500. The van der Waals surface area contributed by atoms with Crippen LogP contribution >= 0.6 is 11.8 Å². The number of thioether (sulfide) groups is 1. The zero-order chi connectivity index (χ0) is 10.6. The van der Waals surface area contributed by atoms with Crippen LogP contribution < -0.4 is 5.73 Å². The van der Waals surface area contributed by atoms with Crippen LogP contribution in [0.5, 0.6) is 0 Å². The highest BCUT2D eigenvalue weighted by Gasteiger charge is 2.21. The number of carbonyl (C=O) groups excluding carboxylic acids is 1. The van der Waals surface area contributed by atoms with Crippen molar-refractivity contribution >= 4 is 23.7 Å². The van der Waals surface area contributed by atoms with E-state index in [-0.39, 0.29) is 17.7 Å². The summed E-state index contributed by atoms with van der Waals surface area (Å²) in [5.74, 6) is -0.871. The van der Waals surface area contributed by atoms with Gasteiger partial charge in [0.25, 0.3) is 0 Å². The number of nitrogens with one attached hydrogen (secondary N) is 1. The Labute approximate surface area is 83.4 Å². The van der Waals surface area contributed by atoms with Crippen molar-refractivity contribution < 1.29 is 13.9 Å². The van der Waals surface area contributed by atoms with Crippen molar-refractivity contribution in [3.8, 4) is 0 Å². The number of halogens is 1. The number of H-pyrrole nitrogens is 1. The Morgan fingerprint density at radius 3 is 3.07 bits per heavy atom. The molecule has 0 radical (unpaired) electrons. The van der Waals surface area contributed by atoms with Crippen LogP contribution in [-0.4, -0.2) is 33.3 Å². The summed E-state index contributed by atoms with van der Waals surface area (Å²) in [6.07, 6.45) is 0. The van der Waals surface area contributed by atoms with E-state index in [0.29, 0.717) is 11.8 Å². The minimum Gasteiger partial charge on any atom is -0.463 e. The van der Waals surface area contributed by atoms with Crippen LogP contribution in [-0.2, 0) is 9.53 Å². The first kappa shape index (κ1) is 10.8. The van der Waals surface area contributed by atoms with Gasteiger partial charge in [-0.2, -0.15) is 4.98 Å². The summed E-state index contributed by atoms with van der Waals surface area (Å²) in [5.41, 5.74) is 3.38. The minimum atomic E-state index is -1.83. The summed E-state index contributed by atoms with van der Waals surface area (Å²) < 4.78 is 17.5. The summed E-state index contributed by atoms with van der Waals surface area (Å²) in [6.45, 7) is 1.73. The highest BCUT2D eigenvalue weighted by atomic mass is 32.2. The van der Waals surface area contributed by atoms with Gasteiger partial charge in [0.1, 0.15) is 0 Å². The Balaban J connectivity index is 2.48. The van der Waals surface area contributed by atoms with E-state index in [9.17, 15) is 9.18 Å². The number of aromatic nitrogens is 3. The summed E-state index contributed by atoms with van der Waals surface area (Å²) in [5, 5.41) is 5.95. The number of nitrogens with zero attached hydrogens (tertiary/aromatic N) is 2. The number of aromatic amines is 1. The Morgan fingerprint density at radius 1 is 1.86 bits per heavy atom. The lowest BCUT2D eigenvalue weighted by Crippen LogP contribution is -2.15. The largest absolute Gasteiger partial charge is 0.463 e. The van der Waals surface area contributed by atoms with Gasteiger partial charge in [-0.3, -0.25) is 0 Å². The molecule has 0 aliphatic rings. The number of nitrogens with two attached hydrogens (primary N) is 1. The molecular formula is C6H9FN4O2S. The van der Waals surface area contributed by atoms with Crippen LogP contribution in [0.2, 0.25) is 0 Å². The lowest BCUT2D eigenvalue weighted by Gasteiger charge is -2.03. The molecule has 14 heavy (non-hydrogen) atoms. The predicted octanol–water partition coefficient (Wildman–Crippen LogP) is 0.338. The molecule has 1 rings (SSSR count). The quantitative estimate of drug-likeness (QED) is 0.561.